The third-order valence-corrected chi connectivity index (χ3v) is 7.69. The second kappa shape index (κ2) is 10.6. The predicted molar refractivity (Wildman–Crippen MR) is 116 cm³/mol. The molecule has 1 atom stereocenters. The number of unbranched alkanes of at least 4 members (excludes halogenated alkanes) is 2. The third kappa shape index (κ3) is 7.15. The molecule has 0 unspecified atom stereocenters. The van der Waals surface area contributed by atoms with E-state index in [0.717, 1.165) is 12.8 Å². The highest BCUT2D eigenvalue weighted by Gasteiger charge is 2.26. The van der Waals surface area contributed by atoms with Crippen LogP contribution in [0.25, 0.3) is 0 Å². The molecule has 1 saturated heterocycles. The highest BCUT2D eigenvalue weighted by Crippen LogP contribution is 2.35. The molecule has 3 amide bonds. The van der Waals surface area contributed by atoms with Crippen molar-refractivity contribution < 1.29 is 31.5 Å². The Balaban J connectivity index is 1.47. The van der Waals surface area contributed by atoms with Crippen LogP contribution in [0, 0.1) is 5.92 Å². The molecular formula is C22H30F2N2O5S. The van der Waals surface area contributed by atoms with Crippen LogP contribution in [-0.4, -0.2) is 56.5 Å². The largest absolute Gasteiger partial charge is 0.493 e. The summed E-state index contributed by atoms with van der Waals surface area (Å²) < 4.78 is 57.3. The van der Waals surface area contributed by atoms with Gasteiger partial charge in [0.25, 0.3) is 6.43 Å². The number of sulfone groups is 1. The second-order valence-electron chi connectivity index (χ2n) is 8.70. The van der Waals surface area contributed by atoms with Crippen molar-refractivity contribution in [3.8, 4) is 5.75 Å². The Bertz CT molecular complexity index is 934. The van der Waals surface area contributed by atoms with Crippen molar-refractivity contribution in [1.29, 1.82) is 0 Å². The van der Waals surface area contributed by atoms with Crippen LogP contribution in [0.2, 0.25) is 0 Å². The predicted octanol–water partition coefficient (Wildman–Crippen LogP) is 3.65. The van der Waals surface area contributed by atoms with E-state index in [4.69, 9.17) is 4.74 Å². The van der Waals surface area contributed by atoms with Crippen molar-refractivity contribution in [2.45, 2.75) is 51.4 Å². The first-order chi connectivity index (χ1) is 15.1. The summed E-state index contributed by atoms with van der Waals surface area (Å²) in [6.45, 7) is 2.63. The Morgan fingerprint density at radius 1 is 1.19 bits per heavy atom. The maximum atomic E-state index is 13.3. The van der Waals surface area contributed by atoms with E-state index in [9.17, 15) is 26.8 Å². The molecule has 1 aliphatic carbocycles. The average Bonchev–Trinajstić information content (AvgIpc) is 3.49. The summed E-state index contributed by atoms with van der Waals surface area (Å²) in [6.07, 6.45) is 1.13. The topological polar surface area (TPSA) is 92.8 Å². The normalized spacial score (nSPS) is 17.7. The van der Waals surface area contributed by atoms with Crippen molar-refractivity contribution >= 4 is 21.8 Å². The number of hydrogen-bond donors (Lipinski definition) is 1. The van der Waals surface area contributed by atoms with E-state index in [-0.39, 0.29) is 41.2 Å². The Morgan fingerprint density at radius 3 is 2.56 bits per heavy atom. The minimum atomic E-state index is -3.34. The maximum absolute atomic E-state index is 13.3. The van der Waals surface area contributed by atoms with E-state index in [0.29, 0.717) is 43.9 Å². The number of imide groups is 1. The molecule has 1 aromatic rings. The van der Waals surface area contributed by atoms with Gasteiger partial charge in [-0.2, -0.15) is 0 Å². The number of urea groups is 1. The zero-order chi connectivity index (χ0) is 23.3. The number of carbonyl (C=O) groups excluding carboxylic acids is 2. The summed E-state index contributed by atoms with van der Waals surface area (Å²) in [6, 6.07) is 4.01. The molecule has 0 bridgehead atoms. The molecular weight excluding hydrogens is 442 g/mol. The Labute approximate surface area is 187 Å². The molecule has 3 rings (SSSR count). The van der Waals surface area contributed by atoms with Gasteiger partial charge in [0, 0.05) is 6.54 Å². The summed E-state index contributed by atoms with van der Waals surface area (Å²) >= 11 is 0. The fourth-order valence-electron chi connectivity index (χ4n) is 3.68. The second-order valence-corrected chi connectivity index (χ2v) is 10.9. The molecule has 2 fully saturated rings. The van der Waals surface area contributed by atoms with Crippen LogP contribution < -0.4 is 10.1 Å². The fourth-order valence-corrected chi connectivity index (χ4v) is 5.45. The number of carbonyl (C=O) groups is 2. The first-order valence-electron chi connectivity index (χ1n) is 11.0. The van der Waals surface area contributed by atoms with Gasteiger partial charge in [-0.05, 0) is 55.2 Å². The van der Waals surface area contributed by atoms with Gasteiger partial charge in [0.05, 0.1) is 23.7 Å². The molecule has 1 N–H and O–H groups in total. The summed E-state index contributed by atoms with van der Waals surface area (Å²) in [7, 11) is -3.34. The summed E-state index contributed by atoms with van der Waals surface area (Å²) in [5.41, 5.74) is 0.492. The van der Waals surface area contributed by atoms with E-state index in [1.165, 1.54) is 11.0 Å². The first kappa shape index (κ1) is 24.4. The molecule has 0 aromatic heterocycles. The lowest BCUT2D eigenvalue weighted by atomic mass is 10.0. The van der Waals surface area contributed by atoms with Gasteiger partial charge in [0.2, 0.25) is 5.91 Å². The van der Waals surface area contributed by atoms with Crippen molar-refractivity contribution in [3.05, 3.63) is 29.3 Å². The van der Waals surface area contributed by atoms with Gasteiger partial charge in [-0.3, -0.25) is 10.1 Å². The molecule has 1 heterocycles. The Kier molecular flexibility index (Phi) is 8.08. The minimum Gasteiger partial charge on any atom is -0.493 e. The summed E-state index contributed by atoms with van der Waals surface area (Å²) in [4.78, 5) is 24.0. The Hall–Kier alpha value is -2.23. The van der Waals surface area contributed by atoms with E-state index in [2.05, 4.69) is 5.32 Å². The molecule has 0 spiro atoms. The van der Waals surface area contributed by atoms with Crippen molar-refractivity contribution in [2.24, 2.45) is 5.92 Å². The lowest BCUT2D eigenvalue weighted by Crippen LogP contribution is -2.29. The summed E-state index contributed by atoms with van der Waals surface area (Å²) in [5, 5.41) is 2.20. The molecule has 178 valence electrons. The van der Waals surface area contributed by atoms with Gasteiger partial charge in [-0.1, -0.05) is 19.4 Å². The minimum absolute atomic E-state index is 0.0165. The lowest BCUT2D eigenvalue weighted by molar-refractivity contribution is -0.118. The van der Waals surface area contributed by atoms with Gasteiger partial charge in [0.1, 0.15) is 12.3 Å². The molecule has 7 nitrogen and oxygen atoms in total. The molecule has 2 aliphatic rings. The van der Waals surface area contributed by atoms with Crippen molar-refractivity contribution in [1.82, 2.24) is 10.2 Å². The molecule has 1 aromatic carbocycles. The van der Waals surface area contributed by atoms with E-state index >= 15 is 0 Å². The quantitative estimate of drug-likeness (QED) is 0.349. The van der Waals surface area contributed by atoms with Crippen LogP contribution in [0.1, 0.15) is 62.5 Å². The third-order valence-electron chi connectivity index (χ3n) is 5.77. The zero-order valence-electron chi connectivity index (χ0n) is 18.2. The monoisotopic (exact) mass is 472 g/mol. The van der Waals surface area contributed by atoms with Gasteiger partial charge in [-0.25, -0.2) is 22.0 Å². The number of hydrogen-bond acceptors (Lipinski definition) is 5. The van der Waals surface area contributed by atoms with Crippen LogP contribution in [0.5, 0.6) is 5.75 Å². The maximum Gasteiger partial charge on any atom is 0.324 e. The molecule has 0 radical (unpaired) electrons. The van der Waals surface area contributed by atoms with Crippen LogP contribution in [0.15, 0.2) is 18.2 Å². The van der Waals surface area contributed by atoms with E-state index in [1.54, 1.807) is 19.1 Å². The zero-order valence-corrected chi connectivity index (χ0v) is 19.0. The van der Waals surface area contributed by atoms with Crippen molar-refractivity contribution in [3.63, 3.8) is 0 Å². The smallest absolute Gasteiger partial charge is 0.324 e. The van der Waals surface area contributed by atoms with Crippen LogP contribution in [0.4, 0.5) is 13.6 Å². The molecule has 1 aliphatic heterocycles. The van der Waals surface area contributed by atoms with Gasteiger partial charge in [-0.15, -0.1) is 0 Å². The molecule has 32 heavy (non-hydrogen) atoms. The van der Waals surface area contributed by atoms with Gasteiger partial charge < -0.3 is 9.64 Å². The van der Waals surface area contributed by atoms with Crippen LogP contribution in [0.3, 0.4) is 0 Å². The number of nitrogens with one attached hydrogen (secondary N) is 1. The summed E-state index contributed by atoms with van der Waals surface area (Å²) in [5.74, 6) is -0.182. The highest BCUT2D eigenvalue weighted by molar-refractivity contribution is 7.91. The van der Waals surface area contributed by atoms with E-state index in [1.807, 2.05) is 0 Å². The standard InChI is InChI=1S/C22H30F2N2O5S/c1-15(17-7-8-18(21(23)24)19(11-17)31-13-16-5-6-16)14-32(29,30)10-4-2-3-9-26-12-20(27)25-22(26)28/h7-8,11,15-16,21H,2-6,9-10,12-14H2,1H3,(H,25,27,28)/t15-/m0/s1. The van der Waals surface area contributed by atoms with Crippen LogP contribution >= 0.6 is 0 Å². The number of amides is 3. The number of benzene rings is 1. The Morgan fingerprint density at radius 2 is 1.94 bits per heavy atom. The number of alkyl halides is 2. The number of nitrogens with zero attached hydrogens (tertiary/aromatic N) is 1. The molecule has 10 heteroatoms. The van der Waals surface area contributed by atoms with Crippen LogP contribution in [-0.2, 0) is 14.6 Å². The number of ether oxygens (including phenoxy) is 1. The first-order valence-corrected chi connectivity index (χ1v) is 12.8. The number of rotatable bonds is 13. The number of halogens is 2. The SMILES string of the molecule is C[C@@H](CS(=O)(=O)CCCCCN1CC(=O)NC1=O)c1ccc(C(F)F)c(OCC2CC2)c1. The lowest BCUT2D eigenvalue weighted by Gasteiger charge is -2.17. The van der Waals surface area contributed by atoms with E-state index < -0.39 is 22.3 Å². The van der Waals surface area contributed by atoms with Crippen molar-refractivity contribution in [2.75, 3.05) is 31.2 Å². The average molecular weight is 473 g/mol. The fraction of sp³-hybridized carbons (Fsp3) is 0.636. The van der Waals surface area contributed by atoms with Gasteiger partial charge >= 0.3 is 6.03 Å². The van der Waals surface area contributed by atoms with Gasteiger partial charge in [0.15, 0.2) is 9.84 Å². The molecule has 1 saturated carbocycles. The highest BCUT2D eigenvalue weighted by atomic mass is 32.2.